The predicted molar refractivity (Wildman–Crippen MR) is 77.9 cm³/mol. The zero-order chi connectivity index (χ0) is 14.4. The molecule has 4 rings (SSSR count). The van der Waals surface area contributed by atoms with Crippen molar-refractivity contribution in [1.82, 2.24) is 5.32 Å². The van der Waals surface area contributed by atoms with Crippen molar-refractivity contribution in [3.05, 3.63) is 29.3 Å². The van der Waals surface area contributed by atoms with Crippen LogP contribution >= 0.6 is 0 Å². The van der Waals surface area contributed by atoms with Gasteiger partial charge in [-0.25, -0.2) is 0 Å². The van der Waals surface area contributed by atoms with E-state index in [-0.39, 0.29) is 11.9 Å². The van der Waals surface area contributed by atoms with Crippen molar-refractivity contribution in [2.75, 3.05) is 0 Å². The number of ether oxygens (including phenoxy) is 1. The van der Waals surface area contributed by atoms with Gasteiger partial charge in [0.05, 0.1) is 18.2 Å². The Morgan fingerprint density at radius 3 is 3.00 bits per heavy atom. The molecule has 0 radical (unpaired) electrons. The van der Waals surface area contributed by atoms with Gasteiger partial charge in [-0.3, -0.25) is 4.79 Å². The molecule has 4 unspecified atom stereocenters. The molecule has 0 aromatic heterocycles. The number of aromatic hydroxyl groups is 1. The molecule has 2 heterocycles. The first-order valence-electron chi connectivity index (χ1n) is 7.96. The summed E-state index contributed by atoms with van der Waals surface area (Å²) in [6.07, 6.45) is 6.32. The Labute approximate surface area is 124 Å². The van der Waals surface area contributed by atoms with Crippen LogP contribution in [0.5, 0.6) is 5.75 Å². The molecular weight excluding hydrogens is 266 g/mol. The topological polar surface area (TPSA) is 58.6 Å². The Bertz CT molecular complexity index is 571. The van der Waals surface area contributed by atoms with Gasteiger partial charge >= 0.3 is 0 Å². The van der Waals surface area contributed by atoms with E-state index in [2.05, 4.69) is 5.32 Å². The lowest BCUT2D eigenvalue weighted by Gasteiger charge is -2.20. The predicted octanol–water partition coefficient (Wildman–Crippen LogP) is 2.45. The zero-order valence-electron chi connectivity index (χ0n) is 12.0. The zero-order valence-corrected chi connectivity index (χ0v) is 12.0. The van der Waals surface area contributed by atoms with E-state index in [1.54, 1.807) is 6.07 Å². The highest BCUT2D eigenvalue weighted by Crippen LogP contribution is 2.41. The molecule has 21 heavy (non-hydrogen) atoms. The van der Waals surface area contributed by atoms with E-state index in [1.807, 2.05) is 12.1 Å². The summed E-state index contributed by atoms with van der Waals surface area (Å²) in [5, 5.41) is 13.0. The molecule has 4 heteroatoms. The van der Waals surface area contributed by atoms with Crippen molar-refractivity contribution in [2.45, 2.75) is 56.8 Å². The number of phenols is 1. The highest BCUT2D eigenvalue weighted by atomic mass is 16.5. The maximum atomic E-state index is 12.3. The molecule has 112 valence electrons. The van der Waals surface area contributed by atoms with Crippen molar-refractivity contribution in [3.8, 4) is 5.75 Å². The molecule has 2 fully saturated rings. The molecule has 2 aliphatic heterocycles. The molecule has 1 amide bonds. The van der Waals surface area contributed by atoms with E-state index in [0.717, 1.165) is 43.2 Å². The molecule has 1 aliphatic carbocycles. The minimum atomic E-state index is 0.0547. The summed E-state index contributed by atoms with van der Waals surface area (Å²) in [4.78, 5) is 12.3. The summed E-state index contributed by atoms with van der Waals surface area (Å²) in [6, 6.07) is 5.63. The van der Waals surface area contributed by atoms with Gasteiger partial charge in [0, 0.05) is 6.42 Å². The Kier molecular flexibility index (Phi) is 3.14. The summed E-state index contributed by atoms with van der Waals surface area (Å²) in [5.74, 6) is 0.872. The van der Waals surface area contributed by atoms with Crippen LogP contribution in [-0.2, 0) is 16.0 Å². The molecule has 4 atom stereocenters. The van der Waals surface area contributed by atoms with Crippen molar-refractivity contribution in [1.29, 1.82) is 0 Å². The van der Waals surface area contributed by atoms with Crippen molar-refractivity contribution >= 4 is 5.91 Å². The number of hydrogen-bond donors (Lipinski definition) is 2. The lowest BCUT2D eigenvalue weighted by Crippen LogP contribution is -2.31. The van der Waals surface area contributed by atoms with Crippen molar-refractivity contribution in [3.63, 3.8) is 0 Å². The standard InChI is InChI=1S/C17H21NO3/c19-15-3-1-2-12-13(15)5-6-14(12)18-17(20)9-10-8-11-4-7-16(10)21-11/h1-3,10-11,14,16,19H,4-9H2,(H,18,20). The fourth-order valence-electron chi connectivity index (χ4n) is 4.23. The van der Waals surface area contributed by atoms with E-state index in [4.69, 9.17) is 4.74 Å². The molecule has 0 spiro atoms. The van der Waals surface area contributed by atoms with Crippen LogP contribution in [0.2, 0.25) is 0 Å². The largest absolute Gasteiger partial charge is 0.508 e. The van der Waals surface area contributed by atoms with E-state index < -0.39 is 0 Å². The van der Waals surface area contributed by atoms with Crippen LogP contribution < -0.4 is 5.32 Å². The maximum absolute atomic E-state index is 12.3. The number of hydrogen-bond acceptors (Lipinski definition) is 3. The lowest BCUT2D eigenvalue weighted by atomic mass is 9.86. The highest BCUT2D eigenvalue weighted by Gasteiger charge is 2.41. The molecular formula is C17H21NO3. The monoisotopic (exact) mass is 287 g/mol. The Morgan fingerprint density at radius 1 is 1.33 bits per heavy atom. The quantitative estimate of drug-likeness (QED) is 0.898. The minimum Gasteiger partial charge on any atom is -0.508 e. The number of fused-ring (bicyclic) bond motifs is 3. The number of carbonyl (C=O) groups is 1. The van der Waals surface area contributed by atoms with Crippen LogP contribution in [0.1, 0.15) is 49.3 Å². The highest BCUT2D eigenvalue weighted by molar-refractivity contribution is 5.77. The molecule has 1 aromatic carbocycles. The van der Waals surface area contributed by atoms with Gasteiger partial charge in [0.2, 0.25) is 5.91 Å². The van der Waals surface area contributed by atoms with Gasteiger partial charge in [0.15, 0.2) is 0 Å². The van der Waals surface area contributed by atoms with Crippen LogP contribution in [0.25, 0.3) is 0 Å². The normalized spacial score (nSPS) is 33.1. The van der Waals surface area contributed by atoms with E-state index >= 15 is 0 Å². The smallest absolute Gasteiger partial charge is 0.220 e. The molecule has 2 saturated heterocycles. The van der Waals surface area contributed by atoms with Crippen LogP contribution in [0, 0.1) is 5.92 Å². The second-order valence-electron chi connectivity index (χ2n) is 6.58. The summed E-state index contributed by atoms with van der Waals surface area (Å²) >= 11 is 0. The third-order valence-electron chi connectivity index (χ3n) is 5.26. The van der Waals surface area contributed by atoms with Crippen molar-refractivity contribution < 1.29 is 14.6 Å². The first-order valence-corrected chi connectivity index (χ1v) is 7.96. The summed E-state index contributed by atoms with van der Waals surface area (Å²) in [5.41, 5.74) is 2.07. The number of benzene rings is 1. The van der Waals surface area contributed by atoms with E-state index in [1.165, 1.54) is 0 Å². The molecule has 1 aromatic rings. The lowest BCUT2D eigenvalue weighted by molar-refractivity contribution is -0.123. The van der Waals surface area contributed by atoms with Gasteiger partial charge in [-0.2, -0.15) is 0 Å². The summed E-state index contributed by atoms with van der Waals surface area (Å²) in [6.45, 7) is 0. The Hall–Kier alpha value is -1.55. The number of nitrogens with one attached hydrogen (secondary N) is 1. The first kappa shape index (κ1) is 13.1. The first-order chi connectivity index (χ1) is 10.2. The van der Waals surface area contributed by atoms with Crippen LogP contribution in [0.4, 0.5) is 0 Å². The fourth-order valence-corrected chi connectivity index (χ4v) is 4.23. The Balaban J connectivity index is 1.39. The number of carbonyl (C=O) groups excluding carboxylic acids is 1. The molecule has 3 aliphatic rings. The summed E-state index contributed by atoms with van der Waals surface area (Å²) in [7, 11) is 0. The van der Waals surface area contributed by atoms with E-state index in [0.29, 0.717) is 30.3 Å². The Morgan fingerprint density at radius 2 is 2.24 bits per heavy atom. The van der Waals surface area contributed by atoms with Gasteiger partial charge in [-0.05, 0) is 55.2 Å². The third kappa shape index (κ3) is 2.31. The summed E-state index contributed by atoms with van der Waals surface area (Å²) < 4.78 is 5.81. The van der Waals surface area contributed by atoms with E-state index in [9.17, 15) is 9.90 Å². The fraction of sp³-hybridized carbons (Fsp3) is 0.588. The molecule has 2 bridgehead atoms. The van der Waals surface area contributed by atoms with Crippen LogP contribution in [0.15, 0.2) is 18.2 Å². The number of amides is 1. The van der Waals surface area contributed by atoms with Gasteiger partial charge in [0.25, 0.3) is 0 Å². The molecule has 2 N–H and O–H groups in total. The third-order valence-corrected chi connectivity index (χ3v) is 5.26. The van der Waals surface area contributed by atoms with Gasteiger partial charge in [-0.1, -0.05) is 12.1 Å². The van der Waals surface area contributed by atoms with Crippen molar-refractivity contribution in [2.24, 2.45) is 5.92 Å². The average molecular weight is 287 g/mol. The maximum Gasteiger partial charge on any atom is 0.220 e. The number of phenolic OH excluding ortho intramolecular Hbond substituents is 1. The minimum absolute atomic E-state index is 0.0547. The van der Waals surface area contributed by atoms with Gasteiger partial charge in [0.1, 0.15) is 5.75 Å². The molecule has 0 saturated carbocycles. The molecule has 4 nitrogen and oxygen atoms in total. The van der Waals surface area contributed by atoms with Crippen LogP contribution in [0.3, 0.4) is 0 Å². The second kappa shape index (κ2) is 5.02. The number of rotatable bonds is 3. The average Bonchev–Trinajstić information content (AvgIpc) is 3.15. The van der Waals surface area contributed by atoms with Gasteiger partial charge < -0.3 is 15.2 Å². The van der Waals surface area contributed by atoms with Crippen LogP contribution in [-0.4, -0.2) is 23.2 Å². The SMILES string of the molecule is O=C(CC1CC2CCC1O2)NC1CCc2c(O)cccc21. The van der Waals surface area contributed by atoms with Gasteiger partial charge in [-0.15, -0.1) is 0 Å². The second-order valence-corrected chi connectivity index (χ2v) is 6.58.